The Kier molecular flexibility index (Phi) is 15.9. The van der Waals surface area contributed by atoms with E-state index in [4.69, 9.17) is 13.9 Å². The standard InChI is InChI=1S/C44H59F3O5Si/c1-9-13-23-34(10-2)32-42(49,12-4)33-35(11-3)39(52-40(48)43(50-8,44(45,46)47)36-24-17-14-18-25-36)30-31-51-53(41(5,6)7,37-26-19-15-20-27-37)38-28-21-16-22-29-38/h13-29,33-34,39,49H,9-12,30-32H2,1-8H3/b23-13+,35-33-/t34-,39-,42+,43+/m0/s1. The number of methoxy groups -OCH3 is 1. The van der Waals surface area contributed by atoms with E-state index in [1.54, 1.807) is 12.1 Å². The van der Waals surface area contributed by atoms with Crippen LogP contribution >= 0.6 is 0 Å². The summed E-state index contributed by atoms with van der Waals surface area (Å²) in [6.07, 6.45) is 2.40. The number of rotatable bonds is 19. The lowest BCUT2D eigenvalue weighted by molar-refractivity contribution is -0.277. The smallest absolute Gasteiger partial charge is 0.432 e. The highest BCUT2D eigenvalue weighted by atomic mass is 28.4. The largest absolute Gasteiger partial charge is 0.455 e. The predicted molar refractivity (Wildman–Crippen MR) is 211 cm³/mol. The quantitative estimate of drug-likeness (QED) is 0.0751. The fraction of sp³-hybridized carbons (Fsp3) is 0.477. The van der Waals surface area contributed by atoms with Crippen molar-refractivity contribution >= 4 is 24.7 Å². The highest BCUT2D eigenvalue weighted by Gasteiger charge is 2.64. The Morgan fingerprint density at radius 3 is 1.79 bits per heavy atom. The Morgan fingerprint density at radius 2 is 1.38 bits per heavy atom. The number of halogens is 3. The van der Waals surface area contributed by atoms with Crippen molar-refractivity contribution in [2.45, 2.75) is 116 Å². The molecular formula is C44H59F3O5Si. The molecular weight excluding hydrogens is 694 g/mol. The van der Waals surface area contributed by atoms with Crippen molar-refractivity contribution in [1.82, 2.24) is 0 Å². The van der Waals surface area contributed by atoms with Gasteiger partial charge in [0, 0.05) is 25.7 Å². The number of carbonyl (C=O) groups is 1. The van der Waals surface area contributed by atoms with Gasteiger partial charge in [0.05, 0.1) is 5.60 Å². The molecule has 53 heavy (non-hydrogen) atoms. The van der Waals surface area contributed by atoms with E-state index in [1.807, 2.05) is 50.2 Å². The number of carbonyl (C=O) groups excluding carboxylic acids is 1. The highest BCUT2D eigenvalue weighted by Crippen LogP contribution is 2.44. The second kappa shape index (κ2) is 19.2. The molecule has 3 rings (SSSR count). The Balaban J connectivity index is 2.17. The number of benzene rings is 3. The summed E-state index contributed by atoms with van der Waals surface area (Å²) in [4.78, 5) is 14.1. The summed E-state index contributed by atoms with van der Waals surface area (Å²) in [5.41, 5.74) is -4.54. The van der Waals surface area contributed by atoms with Crippen molar-refractivity contribution in [2.75, 3.05) is 13.7 Å². The minimum Gasteiger partial charge on any atom is -0.455 e. The van der Waals surface area contributed by atoms with E-state index in [1.165, 1.54) is 24.3 Å². The van der Waals surface area contributed by atoms with Crippen LogP contribution in [0.4, 0.5) is 13.2 Å². The number of aliphatic hydroxyl groups is 1. The molecule has 290 valence electrons. The highest BCUT2D eigenvalue weighted by molar-refractivity contribution is 6.99. The van der Waals surface area contributed by atoms with Crippen molar-refractivity contribution in [3.8, 4) is 0 Å². The Bertz CT molecular complexity index is 1570. The first kappa shape index (κ1) is 43.9. The van der Waals surface area contributed by atoms with Crippen LogP contribution in [0, 0.1) is 5.92 Å². The van der Waals surface area contributed by atoms with Crippen LogP contribution in [0.3, 0.4) is 0 Å². The number of allylic oxidation sites excluding steroid dienone is 2. The molecule has 0 aromatic heterocycles. The predicted octanol–water partition coefficient (Wildman–Crippen LogP) is 9.83. The lowest BCUT2D eigenvalue weighted by atomic mass is 9.83. The molecule has 3 aromatic rings. The SMILES string of the molecule is CC/C=C/[C@H](CC)C[C@@](O)(/C=C(/CC)[C@H](CCO[Si](c1ccccc1)(c1ccccc1)C(C)(C)C)OC(=O)[C@](OC)(c1ccccc1)C(F)(F)F)CC. The van der Waals surface area contributed by atoms with Gasteiger partial charge in [-0.15, -0.1) is 0 Å². The molecule has 0 unspecified atom stereocenters. The van der Waals surface area contributed by atoms with Crippen LogP contribution in [-0.4, -0.2) is 51.0 Å². The molecule has 0 spiro atoms. The second-order valence-electron chi connectivity index (χ2n) is 14.7. The molecule has 0 bridgehead atoms. The zero-order valence-corrected chi connectivity index (χ0v) is 33.7. The van der Waals surface area contributed by atoms with Gasteiger partial charge < -0.3 is 19.0 Å². The summed E-state index contributed by atoms with van der Waals surface area (Å²) in [5, 5.41) is 13.7. The first-order chi connectivity index (χ1) is 25.1. The van der Waals surface area contributed by atoms with Crippen LogP contribution in [0.5, 0.6) is 0 Å². The maximum atomic E-state index is 15.1. The van der Waals surface area contributed by atoms with E-state index in [0.29, 0.717) is 24.8 Å². The second-order valence-corrected chi connectivity index (χ2v) is 19.0. The lowest BCUT2D eigenvalue weighted by Gasteiger charge is -2.43. The minimum atomic E-state index is -5.14. The van der Waals surface area contributed by atoms with Crippen molar-refractivity contribution in [3.63, 3.8) is 0 Å². The molecule has 0 aliphatic heterocycles. The van der Waals surface area contributed by atoms with Gasteiger partial charge in [-0.1, -0.05) is 158 Å². The minimum absolute atomic E-state index is 0.0507. The van der Waals surface area contributed by atoms with Gasteiger partial charge in [0.2, 0.25) is 0 Å². The molecule has 3 aromatic carbocycles. The lowest BCUT2D eigenvalue weighted by Crippen LogP contribution is -2.66. The topological polar surface area (TPSA) is 65.0 Å². The molecule has 0 heterocycles. The number of ether oxygens (including phenoxy) is 2. The molecule has 0 saturated carbocycles. The van der Waals surface area contributed by atoms with Gasteiger partial charge in [-0.05, 0) is 59.0 Å². The maximum absolute atomic E-state index is 15.1. The Hall–Kier alpha value is -3.50. The van der Waals surface area contributed by atoms with Crippen molar-refractivity contribution < 1.29 is 37.0 Å². The van der Waals surface area contributed by atoms with Crippen LogP contribution < -0.4 is 10.4 Å². The summed E-state index contributed by atoms with van der Waals surface area (Å²) in [7, 11) is -2.18. The van der Waals surface area contributed by atoms with Gasteiger partial charge in [-0.3, -0.25) is 0 Å². The molecule has 0 radical (unpaired) electrons. The third-order valence-electron chi connectivity index (χ3n) is 10.2. The molecule has 1 N–H and O–H groups in total. The van der Waals surface area contributed by atoms with Gasteiger partial charge in [0.1, 0.15) is 6.10 Å². The molecule has 0 amide bonds. The molecule has 5 nitrogen and oxygen atoms in total. The molecule has 9 heteroatoms. The number of alkyl halides is 3. The molecule has 0 aliphatic carbocycles. The van der Waals surface area contributed by atoms with E-state index in [-0.39, 0.29) is 29.5 Å². The van der Waals surface area contributed by atoms with E-state index in [9.17, 15) is 9.90 Å². The van der Waals surface area contributed by atoms with Gasteiger partial charge in [0.25, 0.3) is 13.9 Å². The summed E-state index contributed by atoms with van der Waals surface area (Å²) in [6.45, 7) is 14.3. The van der Waals surface area contributed by atoms with Gasteiger partial charge in [-0.2, -0.15) is 13.2 Å². The molecule has 4 atom stereocenters. The number of esters is 1. The average Bonchev–Trinajstić information content (AvgIpc) is 3.14. The zero-order valence-electron chi connectivity index (χ0n) is 32.7. The summed E-state index contributed by atoms with van der Waals surface area (Å²) < 4.78 is 63.4. The van der Waals surface area contributed by atoms with Crippen molar-refractivity contribution in [2.24, 2.45) is 5.92 Å². The van der Waals surface area contributed by atoms with Crippen molar-refractivity contribution in [3.05, 3.63) is 120 Å². The van der Waals surface area contributed by atoms with E-state index in [2.05, 4.69) is 71.0 Å². The first-order valence-electron chi connectivity index (χ1n) is 18.8. The molecule has 0 fully saturated rings. The fourth-order valence-electron chi connectivity index (χ4n) is 7.20. The van der Waals surface area contributed by atoms with Crippen LogP contribution in [0.15, 0.2) is 115 Å². The average molecular weight is 753 g/mol. The normalized spacial score (nSPS) is 16.5. The van der Waals surface area contributed by atoms with Gasteiger partial charge in [-0.25, -0.2) is 4.79 Å². The molecule has 0 saturated heterocycles. The first-order valence-corrected chi connectivity index (χ1v) is 20.7. The van der Waals surface area contributed by atoms with Crippen LogP contribution in [-0.2, 0) is 24.3 Å². The number of hydrogen-bond acceptors (Lipinski definition) is 5. The fourth-order valence-corrected chi connectivity index (χ4v) is 11.8. The van der Waals surface area contributed by atoms with Gasteiger partial charge >= 0.3 is 12.1 Å². The Morgan fingerprint density at radius 1 is 0.849 bits per heavy atom. The number of hydrogen-bond donors (Lipinski definition) is 1. The zero-order chi connectivity index (χ0) is 39.3. The van der Waals surface area contributed by atoms with Crippen molar-refractivity contribution in [1.29, 1.82) is 0 Å². The monoisotopic (exact) mass is 752 g/mol. The van der Waals surface area contributed by atoms with E-state index < -0.39 is 37.8 Å². The summed E-state index contributed by atoms with van der Waals surface area (Å²) in [5.74, 6) is -1.50. The van der Waals surface area contributed by atoms with E-state index >= 15 is 13.2 Å². The van der Waals surface area contributed by atoms with E-state index in [0.717, 1.165) is 30.3 Å². The van der Waals surface area contributed by atoms with Crippen LogP contribution in [0.1, 0.15) is 92.6 Å². The van der Waals surface area contributed by atoms with Gasteiger partial charge in [0.15, 0.2) is 0 Å². The maximum Gasteiger partial charge on any atom is 0.432 e. The molecule has 0 aliphatic rings. The third kappa shape index (κ3) is 10.2. The summed E-state index contributed by atoms with van der Waals surface area (Å²) in [6, 6.07) is 26.9. The van der Waals surface area contributed by atoms with Crippen LogP contribution in [0.25, 0.3) is 0 Å². The van der Waals surface area contributed by atoms with Crippen LogP contribution in [0.2, 0.25) is 5.04 Å². The third-order valence-corrected chi connectivity index (χ3v) is 15.3. The summed E-state index contributed by atoms with van der Waals surface area (Å²) >= 11 is 0. The Labute approximate surface area is 316 Å².